The van der Waals surface area contributed by atoms with Crippen LogP contribution in [-0.2, 0) is 6.54 Å². The summed E-state index contributed by atoms with van der Waals surface area (Å²) in [4.78, 5) is 11.2. The van der Waals surface area contributed by atoms with Crippen molar-refractivity contribution in [3.63, 3.8) is 0 Å². The van der Waals surface area contributed by atoms with Gasteiger partial charge in [0.2, 0.25) is 0 Å². The minimum Gasteiger partial charge on any atom is -0.497 e. The number of aliphatic imine (C=N–C) groups is 1. The minimum absolute atomic E-state index is 0.515. The Labute approximate surface area is 177 Å². The summed E-state index contributed by atoms with van der Waals surface area (Å²) in [5.41, 5.74) is 3.52. The molecule has 30 heavy (non-hydrogen) atoms. The van der Waals surface area contributed by atoms with Crippen molar-refractivity contribution in [3.8, 4) is 11.4 Å². The zero-order chi connectivity index (χ0) is 20.8. The van der Waals surface area contributed by atoms with E-state index in [4.69, 9.17) is 9.73 Å². The number of guanidine groups is 1. The SMILES string of the molecule is CCNC(=NCc1ccc(-n2cncn2)cc1)N1CCC(c2ccc(OC)cc2)C1. The number of hydrogen-bond acceptors (Lipinski definition) is 4. The molecule has 0 radical (unpaired) electrons. The third-order valence-electron chi connectivity index (χ3n) is 5.44. The largest absolute Gasteiger partial charge is 0.497 e. The zero-order valence-corrected chi connectivity index (χ0v) is 17.5. The lowest BCUT2D eigenvalue weighted by atomic mass is 9.98. The molecule has 1 aromatic heterocycles. The molecule has 2 heterocycles. The summed E-state index contributed by atoms with van der Waals surface area (Å²) >= 11 is 0. The van der Waals surface area contributed by atoms with Gasteiger partial charge in [0.1, 0.15) is 18.4 Å². The standard InChI is InChI=1S/C23H28N6O/c1-3-25-23(26-14-18-4-8-21(9-5-18)29-17-24-16-27-29)28-13-12-20(15-28)19-6-10-22(30-2)11-7-19/h4-11,16-17,20H,3,12-15H2,1-2H3,(H,25,26). The lowest BCUT2D eigenvalue weighted by molar-refractivity contribution is 0.414. The van der Waals surface area contributed by atoms with Crippen LogP contribution in [0.3, 0.4) is 0 Å². The lowest BCUT2D eigenvalue weighted by Crippen LogP contribution is -2.40. The van der Waals surface area contributed by atoms with Crippen molar-refractivity contribution in [3.05, 3.63) is 72.3 Å². The number of likely N-dealkylation sites (tertiary alicyclic amines) is 1. The summed E-state index contributed by atoms with van der Waals surface area (Å²) in [7, 11) is 1.70. The Morgan fingerprint density at radius 1 is 1.17 bits per heavy atom. The van der Waals surface area contributed by atoms with Gasteiger partial charge in [0.05, 0.1) is 19.3 Å². The molecule has 1 aliphatic rings. The molecule has 3 aromatic rings. The number of nitrogens with one attached hydrogen (secondary N) is 1. The number of rotatable bonds is 6. The van der Waals surface area contributed by atoms with Crippen molar-refractivity contribution < 1.29 is 4.74 Å². The molecule has 0 bridgehead atoms. The van der Waals surface area contributed by atoms with E-state index >= 15 is 0 Å². The molecular weight excluding hydrogens is 376 g/mol. The second-order valence-electron chi connectivity index (χ2n) is 7.38. The Balaban J connectivity index is 1.41. The van der Waals surface area contributed by atoms with Gasteiger partial charge in [0, 0.05) is 25.6 Å². The molecule has 0 saturated carbocycles. The molecule has 0 spiro atoms. The first kappa shape index (κ1) is 19.9. The third-order valence-corrected chi connectivity index (χ3v) is 5.44. The summed E-state index contributed by atoms with van der Waals surface area (Å²) < 4.78 is 7.03. The highest BCUT2D eigenvalue weighted by atomic mass is 16.5. The van der Waals surface area contributed by atoms with E-state index in [0.717, 1.165) is 43.5 Å². The maximum Gasteiger partial charge on any atom is 0.194 e. The average molecular weight is 405 g/mol. The third kappa shape index (κ3) is 4.62. The highest BCUT2D eigenvalue weighted by Crippen LogP contribution is 2.28. The van der Waals surface area contributed by atoms with Crippen LogP contribution in [0, 0.1) is 0 Å². The molecule has 1 unspecified atom stereocenters. The number of benzene rings is 2. The van der Waals surface area contributed by atoms with E-state index in [2.05, 4.69) is 51.5 Å². The molecule has 1 aliphatic heterocycles. The molecule has 1 saturated heterocycles. The molecule has 156 valence electrons. The molecular formula is C23H28N6O. The van der Waals surface area contributed by atoms with Gasteiger partial charge in [0.15, 0.2) is 5.96 Å². The second kappa shape index (κ2) is 9.43. The Morgan fingerprint density at radius 2 is 1.97 bits per heavy atom. The van der Waals surface area contributed by atoms with Crippen molar-refractivity contribution in [2.45, 2.75) is 25.8 Å². The number of hydrogen-bond donors (Lipinski definition) is 1. The Kier molecular flexibility index (Phi) is 6.27. The van der Waals surface area contributed by atoms with Crippen molar-refractivity contribution in [1.29, 1.82) is 0 Å². The van der Waals surface area contributed by atoms with Gasteiger partial charge in [-0.05, 0) is 48.7 Å². The Morgan fingerprint density at radius 3 is 2.63 bits per heavy atom. The first-order valence-corrected chi connectivity index (χ1v) is 10.4. The summed E-state index contributed by atoms with van der Waals surface area (Å²) in [6, 6.07) is 16.7. The van der Waals surface area contributed by atoms with Crippen molar-refractivity contribution in [2.24, 2.45) is 4.99 Å². The molecule has 0 aliphatic carbocycles. The van der Waals surface area contributed by atoms with Gasteiger partial charge in [-0.15, -0.1) is 0 Å². The highest BCUT2D eigenvalue weighted by molar-refractivity contribution is 5.80. The molecule has 4 rings (SSSR count). The van der Waals surface area contributed by atoms with Crippen molar-refractivity contribution >= 4 is 5.96 Å². The average Bonchev–Trinajstić information content (AvgIpc) is 3.50. The lowest BCUT2D eigenvalue weighted by Gasteiger charge is -2.22. The van der Waals surface area contributed by atoms with E-state index in [1.807, 2.05) is 24.3 Å². The summed E-state index contributed by atoms with van der Waals surface area (Å²) in [5, 5.41) is 7.62. The molecule has 7 heteroatoms. The van der Waals surface area contributed by atoms with Gasteiger partial charge in [-0.2, -0.15) is 5.10 Å². The minimum atomic E-state index is 0.515. The molecule has 1 fully saturated rings. The highest BCUT2D eigenvalue weighted by Gasteiger charge is 2.26. The van der Waals surface area contributed by atoms with E-state index in [0.29, 0.717) is 12.5 Å². The topological polar surface area (TPSA) is 67.6 Å². The number of ether oxygens (including phenoxy) is 1. The predicted molar refractivity (Wildman–Crippen MR) is 118 cm³/mol. The second-order valence-corrected chi connectivity index (χ2v) is 7.38. The molecule has 1 atom stereocenters. The number of nitrogens with zero attached hydrogens (tertiary/aromatic N) is 5. The van der Waals surface area contributed by atoms with E-state index in [1.54, 1.807) is 18.1 Å². The van der Waals surface area contributed by atoms with Gasteiger partial charge in [0.25, 0.3) is 0 Å². The van der Waals surface area contributed by atoms with Crippen LogP contribution in [0.25, 0.3) is 5.69 Å². The van der Waals surface area contributed by atoms with E-state index in [9.17, 15) is 0 Å². The van der Waals surface area contributed by atoms with Gasteiger partial charge >= 0.3 is 0 Å². The maximum absolute atomic E-state index is 5.28. The van der Waals surface area contributed by atoms with Crippen LogP contribution in [0.15, 0.2) is 66.2 Å². The summed E-state index contributed by atoms with van der Waals surface area (Å²) in [5.74, 6) is 2.40. The van der Waals surface area contributed by atoms with Crippen molar-refractivity contribution in [2.75, 3.05) is 26.7 Å². The first-order valence-electron chi connectivity index (χ1n) is 10.4. The van der Waals surface area contributed by atoms with Crippen LogP contribution >= 0.6 is 0 Å². The van der Waals surface area contributed by atoms with Crippen LogP contribution in [-0.4, -0.2) is 52.4 Å². The van der Waals surface area contributed by atoms with Crippen LogP contribution in [0.5, 0.6) is 5.75 Å². The molecule has 1 N–H and O–H groups in total. The van der Waals surface area contributed by atoms with E-state index in [-0.39, 0.29) is 0 Å². The van der Waals surface area contributed by atoms with Crippen LogP contribution in [0.4, 0.5) is 0 Å². The van der Waals surface area contributed by atoms with Gasteiger partial charge in [-0.25, -0.2) is 14.7 Å². The van der Waals surface area contributed by atoms with Gasteiger partial charge < -0.3 is 15.0 Å². The van der Waals surface area contributed by atoms with Crippen molar-refractivity contribution in [1.82, 2.24) is 25.0 Å². The van der Waals surface area contributed by atoms with E-state index < -0.39 is 0 Å². The molecule has 7 nitrogen and oxygen atoms in total. The molecule has 0 amide bonds. The number of aromatic nitrogens is 3. The van der Waals surface area contributed by atoms with Gasteiger partial charge in [-0.3, -0.25) is 0 Å². The zero-order valence-electron chi connectivity index (χ0n) is 17.5. The van der Waals surface area contributed by atoms with Gasteiger partial charge in [-0.1, -0.05) is 24.3 Å². The Bertz CT molecular complexity index is 950. The fraction of sp³-hybridized carbons (Fsp3) is 0.348. The fourth-order valence-corrected chi connectivity index (χ4v) is 3.79. The predicted octanol–water partition coefficient (Wildman–Crippen LogP) is 3.23. The smallest absolute Gasteiger partial charge is 0.194 e. The number of methoxy groups -OCH3 is 1. The summed E-state index contributed by atoms with van der Waals surface area (Å²) in [6.07, 6.45) is 4.36. The quantitative estimate of drug-likeness (QED) is 0.505. The fourth-order valence-electron chi connectivity index (χ4n) is 3.79. The maximum atomic E-state index is 5.28. The molecule has 2 aromatic carbocycles. The normalized spacial score (nSPS) is 16.7. The summed E-state index contributed by atoms with van der Waals surface area (Å²) in [6.45, 7) is 5.59. The first-order chi connectivity index (χ1) is 14.8. The van der Waals surface area contributed by atoms with Crippen LogP contribution < -0.4 is 10.1 Å². The Hall–Kier alpha value is -3.35. The van der Waals surface area contributed by atoms with Crippen LogP contribution in [0.2, 0.25) is 0 Å². The van der Waals surface area contributed by atoms with Crippen LogP contribution in [0.1, 0.15) is 30.4 Å². The monoisotopic (exact) mass is 404 g/mol. The van der Waals surface area contributed by atoms with E-state index in [1.165, 1.54) is 17.5 Å².